The lowest BCUT2D eigenvalue weighted by Gasteiger charge is -2.34. The van der Waals surface area contributed by atoms with Crippen molar-refractivity contribution in [2.24, 2.45) is 0 Å². The molecule has 2 aliphatic rings. The summed E-state index contributed by atoms with van der Waals surface area (Å²) in [6.07, 6.45) is 3.44. The van der Waals surface area contributed by atoms with Crippen LogP contribution in [-0.2, 0) is 4.79 Å². The van der Waals surface area contributed by atoms with Crippen LogP contribution in [0.2, 0.25) is 0 Å². The first kappa shape index (κ1) is 18.7. The fraction of sp³-hybridized carbons (Fsp3) is 0.316. The second-order valence-corrected chi connectivity index (χ2v) is 7.57. The maximum absolute atomic E-state index is 12.6. The van der Waals surface area contributed by atoms with Gasteiger partial charge < -0.3 is 23.7 Å². The lowest BCUT2D eigenvalue weighted by atomic mass is 10.2. The molecule has 0 saturated carbocycles. The third-order valence-corrected chi connectivity index (χ3v) is 5.62. The van der Waals surface area contributed by atoms with Crippen LogP contribution in [0.1, 0.15) is 0 Å². The minimum Gasteiger partial charge on any atom is -0.454 e. The number of thioether (sulfide) groups is 1. The number of nitrogens with zero attached hydrogens (tertiary/aromatic N) is 6. The highest BCUT2D eigenvalue weighted by atomic mass is 32.2. The second-order valence-electron chi connectivity index (χ2n) is 6.65. The fourth-order valence-electron chi connectivity index (χ4n) is 3.24. The second kappa shape index (κ2) is 8.19. The van der Waals surface area contributed by atoms with Crippen LogP contribution >= 0.6 is 11.8 Å². The van der Waals surface area contributed by atoms with Crippen LogP contribution in [0, 0.1) is 0 Å². The average Bonchev–Trinajstić information content (AvgIpc) is 3.47. The minimum atomic E-state index is 0.0384. The molecular weight excluding hydrogens is 408 g/mol. The number of piperazine rings is 1. The summed E-state index contributed by atoms with van der Waals surface area (Å²) in [6.45, 7) is 2.87. The molecule has 3 aromatic rings. The zero-order chi connectivity index (χ0) is 20.3. The van der Waals surface area contributed by atoms with Crippen LogP contribution in [0.5, 0.6) is 11.5 Å². The summed E-state index contributed by atoms with van der Waals surface area (Å²) in [7, 11) is 0. The molecule has 1 saturated heterocycles. The highest BCUT2D eigenvalue weighted by molar-refractivity contribution is 7.99. The van der Waals surface area contributed by atoms with Gasteiger partial charge in [0.05, 0.1) is 5.75 Å². The summed E-state index contributed by atoms with van der Waals surface area (Å²) in [6, 6.07) is 7.22. The van der Waals surface area contributed by atoms with Gasteiger partial charge in [-0.25, -0.2) is 9.97 Å². The Balaban J connectivity index is 1.14. The van der Waals surface area contributed by atoms with Gasteiger partial charge in [0.15, 0.2) is 11.5 Å². The van der Waals surface area contributed by atoms with E-state index in [2.05, 4.69) is 25.1 Å². The molecule has 2 aliphatic heterocycles. The Bertz CT molecular complexity index is 1040. The van der Waals surface area contributed by atoms with Crippen molar-refractivity contribution in [1.82, 2.24) is 25.1 Å². The van der Waals surface area contributed by atoms with Crippen LogP contribution in [0.3, 0.4) is 0 Å². The molecule has 1 amide bonds. The average molecular weight is 426 g/mol. The first-order valence-corrected chi connectivity index (χ1v) is 10.4. The van der Waals surface area contributed by atoms with Gasteiger partial charge in [-0.3, -0.25) is 4.79 Å². The molecule has 4 heterocycles. The molecule has 0 bridgehead atoms. The van der Waals surface area contributed by atoms with Gasteiger partial charge in [-0.15, -0.1) is 10.2 Å². The minimum absolute atomic E-state index is 0.0384. The standard InChI is InChI=1S/C19H18N6O4S/c26-16(24-6-8-25(9-7-24)18-20-4-1-5-21-18)11-30-19-23-22-17(29-19)13-2-3-14-15(10-13)28-12-27-14/h1-5,10H,6-9,11-12H2. The van der Waals surface area contributed by atoms with Crippen LogP contribution in [-0.4, -0.2) is 69.7 Å². The van der Waals surface area contributed by atoms with Gasteiger partial charge in [0.1, 0.15) is 0 Å². The van der Waals surface area contributed by atoms with E-state index in [0.29, 0.717) is 54.7 Å². The number of fused-ring (bicyclic) bond motifs is 1. The molecule has 0 spiro atoms. The zero-order valence-electron chi connectivity index (χ0n) is 15.9. The molecule has 0 N–H and O–H groups in total. The molecule has 0 atom stereocenters. The van der Waals surface area contributed by atoms with Crippen molar-refractivity contribution in [3.05, 3.63) is 36.7 Å². The van der Waals surface area contributed by atoms with Crippen molar-refractivity contribution in [2.45, 2.75) is 5.22 Å². The number of carbonyl (C=O) groups excluding carboxylic acids is 1. The maximum atomic E-state index is 12.6. The third kappa shape index (κ3) is 3.88. The van der Waals surface area contributed by atoms with Crippen molar-refractivity contribution in [1.29, 1.82) is 0 Å². The van der Waals surface area contributed by atoms with Crippen LogP contribution in [0.15, 0.2) is 46.3 Å². The number of hydrogen-bond donors (Lipinski definition) is 0. The largest absolute Gasteiger partial charge is 0.454 e. The number of hydrogen-bond acceptors (Lipinski definition) is 10. The Morgan fingerprint density at radius 2 is 1.83 bits per heavy atom. The molecule has 1 fully saturated rings. The van der Waals surface area contributed by atoms with Gasteiger partial charge in [-0.1, -0.05) is 11.8 Å². The first-order chi connectivity index (χ1) is 14.8. The van der Waals surface area contributed by atoms with Gasteiger partial charge in [0.25, 0.3) is 5.22 Å². The summed E-state index contributed by atoms with van der Waals surface area (Å²) in [5, 5.41) is 8.45. The van der Waals surface area contributed by atoms with E-state index in [1.165, 1.54) is 11.8 Å². The fourth-order valence-corrected chi connectivity index (χ4v) is 3.91. The molecule has 10 nitrogen and oxygen atoms in total. The molecule has 0 radical (unpaired) electrons. The summed E-state index contributed by atoms with van der Waals surface area (Å²) < 4.78 is 16.4. The molecule has 0 aliphatic carbocycles. The van der Waals surface area contributed by atoms with Crippen molar-refractivity contribution in [2.75, 3.05) is 43.6 Å². The Morgan fingerprint density at radius 1 is 1.03 bits per heavy atom. The Hall–Kier alpha value is -3.34. The molecule has 154 valence electrons. The van der Waals surface area contributed by atoms with E-state index in [1.807, 2.05) is 11.0 Å². The van der Waals surface area contributed by atoms with Crippen LogP contribution in [0.25, 0.3) is 11.5 Å². The molecule has 30 heavy (non-hydrogen) atoms. The number of rotatable bonds is 5. The van der Waals surface area contributed by atoms with E-state index in [0.717, 1.165) is 5.56 Å². The predicted molar refractivity (Wildman–Crippen MR) is 107 cm³/mol. The lowest BCUT2D eigenvalue weighted by Crippen LogP contribution is -2.49. The number of benzene rings is 1. The SMILES string of the molecule is O=C(CSc1nnc(-c2ccc3c(c2)OCO3)o1)N1CCN(c2ncccn2)CC1. The van der Waals surface area contributed by atoms with E-state index in [4.69, 9.17) is 13.9 Å². The van der Waals surface area contributed by atoms with Crippen molar-refractivity contribution >= 4 is 23.6 Å². The Labute approximate surface area is 176 Å². The number of carbonyl (C=O) groups is 1. The van der Waals surface area contributed by atoms with Crippen molar-refractivity contribution < 1.29 is 18.7 Å². The summed E-state index contributed by atoms with van der Waals surface area (Å²) in [5.41, 5.74) is 0.740. The van der Waals surface area contributed by atoms with E-state index < -0.39 is 0 Å². The molecular formula is C19H18N6O4S. The topological polar surface area (TPSA) is 107 Å². The molecule has 5 rings (SSSR count). The highest BCUT2D eigenvalue weighted by Gasteiger charge is 2.23. The maximum Gasteiger partial charge on any atom is 0.277 e. The van der Waals surface area contributed by atoms with E-state index in [-0.39, 0.29) is 18.5 Å². The van der Waals surface area contributed by atoms with E-state index in [1.54, 1.807) is 30.6 Å². The van der Waals surface area contributed by atoms with Crippen LogP contribution < -0.4 is 14.4 Å². The van der Waals surface area contributed by atoms with Gasteiger partial charge in [0.2, 0.25) is 24.5 Å². The summed E-state index contributed by atoms with van der Waals surface area (Å²) in [4.78, 5) is 25.0. The van der Waals surface area contributed by atoms with Crippen molar-refractivity contribution in [3.63, 3.8) is 0 Å². The van der Waals surface area contributed by atoms with E-state index in [9.17, 15) is 4.79 Å². The van der Waals surface area contributed by atoms with E-state index >= 15 is 0 Å². The molecule has 2 aromatic heterocycles. The zero-order valence-corrected chi connectivity index (χ0v) is 16.7. The molecule has 0 unspecified atom stereocenters. The quantitative estimate of drug-likeness (QED) is 0.560. The molecule has 11 heteroatoms. The predicted octanol–water partition coefficient (Wildman–Crippen LogP) is 1.70. The first-order valence-electron chi connectivity index (χ1n) is 9.42. The third-order valence-electron chi connectivity index (χ3n) is 4.81. The number of amides is 1. The van der Waals surface area contributed by atoms with Crippen LogP contribution in [0.4, 0.5) is 5.95 Å². The summed E-state index contributed by atoms with van der Waals surface area (Å²) >= 11 is 1.23. The van der Waals surface area contributed by atoms with Gasteiger partial charge in [-0.2, -0.15) is 0 Å². The Kier molecular flexibility index (Phi) is 5.10. The molecule has 1 aromatic carbocycles. The van der Waals surface area contributed by atoms with Gasteiger partial charge >= 0.3 is 0 Å². The number of aromatic nitrogens is 4. The monoisotopic (exact) mass is 426 g/mol. The Morgan fingerprint density at radius 3 is 2.67 bits per heavy atom. The van der Waals surface area contributed by atoms with Gasteiger partial charge in [-0.05, 0) is 24.3 Å². The van der Waals surface area contributed by atoms with Crippen molar-refractivity contribution in [3.8, 4) is 23.0 Å². The normalized spacial score (nSPS) is 15.5. The highest BCUT2D eigenvalue weighted by Crippen LogP contribution is 2.36. The lowest BCUT2D eigenvalue weighted by molar-refractivity contribution is -0.128. The number of anilines is 1. The van der Waals surface area contributed by atoms with Gasteiger partial charge in [0, 0.05) is 44.1 Å². The smallest absolute Gasteiger partial charge is 0.277 e. The summed E-state index contributed by atoms with van der Waals surface area (Å²) in [5.74, 6) is 2.69. The number of ether oxygens (including phenoxy) is 2.